The third kappa shape index (κ3) is 4.22. The van der Waals surface area contributed by atoms with Gasteiger partial charge in [0.15, 0.2) is 0 Å². The second-order valence-electron chi connectivity index (χ2n) is 5.75. The van der Waals surface area contributed by atoms with E-state index in [1.165, 1.54) is 37.8 Å². The molecule has 1 N–H and O–H groups in total. The highest BCUT2D eigenvalue weighted by molar-refractivity contribution is 9.10. The minimum absolute atomic E-state index is 0.0280. The fourth-order valence-electron chi connectivity index (χ4n) is 3.25. The van der Waals surface area contributed by atoms with E-state index in [-0.39, 0.29) is 6.04 Å². The van der Waals surface area contributed by atoms with Gasteiger partial charge in [-0.15, -0.1) is 0 Å². The summed E-state index contributed by atoms with van der Waals surface area (Å²) in [5.41, 5.74) is 0.147. The van der Waals surface area contributed by atoms with Crippen LogP contribution in [0.2, 0.25) is 0 Å². The van der Waals surface area contributed by atoms with E-state index in [0.29, 0.717) is 5.92 Å². The van der Waals surface area contributed by atoms with E-state index in [9.17, 15) is 13.2 Å². The van der Waals surface area contributed by atoms with Crippen molar-refractivity contribution in [2.24, 2.45) is 5.92 Å². The van der Waals surface area contributed by atoms with E-state index < -0.39 is 11.7 Å². The van der Waals surface area contributed by atoms with Crippen molar-refractivity contribution in [2.45, 2.75) is 50.7 Å². The second kappa shape index (κ2) is 7.14. The Morgan fingerprint density at radius 3 is 2.29 bits per heavy atom. The van der Waals surface area contributed by atoms with E-state index in [0.717, 1.165) is 28.9 Å². The quantitative estimate of drug-likeness (QED) is 0.679. The van der Waals surface area contributed by atoms with Crippen LogP contribution >= 0.6 is 15.9 Å². The molecule has 0 aromatic heterocycles. The Kier molecular flexibility index (Phi) is 5.72. The fraction of sp³-hybridized carbons (Fsp3) is 0.625. The van der Waals surface area contributed by atoms with Crippen LogP contribution in [0.4, 0.5) is 13.2 Å². The molecule has 1 aliphatic carbocycles. The molecule has 2 rings (SSSR count). The van der Waals surface area contributed by atoms with Gasteiger partial charge in [0.25, 0.3) is 0 Å². The van der Waals surface area contributed by atoms with Crippen LogP contribution in [0.15, 0.2) is 22.7 Å². The summed E-state index contributed by atoms with van der Waals surface area (Å²) in [6.45, 7) is 0. The number of alkyl halides is 3. The first-order valence-corrected chi connectivity index (χ1v) is 8.26. The molecule has 0 radical (unpaired) electrons. The molecule has 1 unspecified atom stereocenters. The number of rotatable bonds is 3. The molecular weight excluding hydrogens is 343 g/mol. The monoisotopic (exact) mass is 363 g/mol. The summed E-state index contributed by atoms with van der Waals surface area (Å²) in [7, 11) is 1.84. The Morgan fingerprint density at radius 1 is 1.14 bits per heavy atom. The van der Waals surface area contributed by atoms with Crippen molar-refractivity contribution in [1.82, 2.24) is 5.32 Å². The number of benzene rings is 1. The molecular formula is C16H21BrF3N. The molecule has 1 aliphatic rings. The lowest BCUT2D eigenvalue weighted by Gasteiger charge is -2.28. The normalized spacial score (nSPS) is 19.3. The van der Waals surface area contributed by atoms with E-state index in [2.05, 4.69) is 21.2 Å². The molecule has 1 fully saturated rings. The van der Waals surface area contributed by atoms with Crippen molar-refractivity contribution in [1.29, 1.82) is 0 Å². The molecule has 1 aromatic rings. The van der Waals surface area contributed by atoms with Crippen LogP contribution in [0.25, 0.3) is 0 Å². The average molecular weight is 364 g/mol. The highest BCUT2D eigenvalue weighted by Crippen LogP contribution is 2.39. The van der Waals surface area contributed by atoms with Gasteiger partial charge >= 0.3 is 6.18 Å². The van der Waals surface area contributed by atoms with Crippen LogP contribution in [0, 0.1) is 5.92 Å². The van der Waals surface area contributed by atoms with Gasteiger partial charge in [-0.3, -0.25) is 0 Å². The molecule has 1 nitrogen and oxygen atoms in total. The van der Waals surface area contributed by atoms with Gasteiger partial charge in [0, 0.05) is 10.5 Å². The summed E-state index contributed by atoms with van der Waals surface area (Å²) in [6, 6.07) is 3.91. The van der Waals surface area contributed by atoms with Crippen molar-refractivity contribution in [2.75, 3.05) is 7.05 Å². The van der Waals surface area contributed by atoms with Gasteiger partial charge in [-0.25, -0.2) is 0 Å². The Labute approximate surface area is 132 Å². The molecule has 0 bridgehead atoms. The smallest absolute Gasteiger partial charge is 0.313 e. The van der Waals surface area contributed by atoms with Crippen molar-refractivity contribution < 1.29 is 13.2 Å². The van der Waals surface area contributed by atoms with Gasteiger partial charge in [-0.2, -0.15) is 13.2 Å². The predicted octanol–water partition coefficient (Wildman–Crippen LogP) is 5.70. The lowest BCUT2D eigenvalue weighted by Crippen LogP contribution is -2.26. The van der Waals surface area contributed by atoms with Crippen molar-refractivity contribution >= 4 is 15.9 Å². The van der Waals surface area contributed by atoms with Crippen molar-refractivity contribution in [3.8, 4) is 0 Å². The Bertz CT molecular complexity index is 465. The predicted molar refractivity (Wildman–Crippen MR) is 82.1 cm³/mol. The average Bonchev–Trinajstić information content (AvgIpc) is 2.69. The van der Waals surface area contributed by atoms with Gasteiger partial charge in [-0.1, -0.05) is 41.6 Å². The van der Waals surface area contributed by atoms with E-state index >= 15 is 0 Å². The van der Waals surface area contributed by atoms with Gasteiger partial charge < -0.3 is 5.32 Å². The topological polar surface area (TPSA) is 12.0 Å². The van der Waals surface area contributed by atoms with Gasteiger partial charge in [-0.05, 0) is 49.6 Å². The van der Waals surface area contributed by atoms with Crippen LogP contribution in [0.3, 0.4) is 0 Å². The van der Waals surface area contributed by atoms with E-state index in [1.54, 1.807) is 0 Å². The minimum atomic E-state index is -4.29. The molecule has 0 amide bonds. The summed E-state index contributed by atoms with van der Waals surface area (Å²) in [4.78, 5) is 0. The molecule has 0 spiro atoms. The zero-order valence-electron chi connectivity index (χ0n) is 12.1. The van der Waals surface area contributed by atoms with Crippen molar-refractivity contribution in [3.63, 3.8) is 0 Å². The van der Waals surface area contributed by atoms with Crippen LogP contribution in [0.1, 0.15) is 55.7 Å². The molecule has 5 heteroatoms. The number of halogens is 4. The van der Waals surface area contributed by atoms with Gasteiger partial charge in [0.1, 0.15) is 0 Å². The minimum Gasteiger partial charge on any atom is -0.313 e. The zero-order chi connectivity index (χ0) is 15.5. The standard InChI is InChI=1S/C16H21BrF3N/c1-21-15(11-6-4-2-3-5-7-11)13-10-12(16(18,19)20)8-9-14(13)17/h8-11,15,21H,2-7H2,1H3. The maximum Gasteiger partial charge on any atom is 0.416 e. The first-order valence-electron chi connectivity index (χ1n) is 7.47. The molecule has 1 atom stereocenters. The SMILES string of the molecule is CNC(c1cc(C(F)(F)F)ccc1Br)C1CCCCCC1. The highest BCUT2D eigenvalue weighted by atomic mass is 79.9. The maximum atomic E-state index is 12.9. The summed E-state index contributed by atoms with van der Waals surface area (Å²) in [5, 5.41) is 3.24. The summed E-state index contributed by atoms with van der Waals surface area (Å²) >= 11 is 3.42. The van der Waals surface area contributed by atoms with Crippen LogP contribution in [0.5, 0.6) is 0 Å². The van der Waals surface area contributed by atoms with Crippen LogP contribution < -0.4 is 5.32 Å². The summed E-state index contributed by atoms with van der Waals surface area (Å²) < 4.78 is 39.6. The van der Waals surface area contributed by atoms with Gasteiger partial charge in [0.05, 0.1) is 5.56 Å². The van der Waals surface area contributed by atoms with E-state index in [4.69, 9.17) is 0 Å². The van der Waals surface area contributed by atoms with Gasteiger partial charge in [0.2, 0.25) is 0 Å². The zero-order valence-corrected chi connectivity index (χ0v) is 13.7. The summed E-state index contributed by atoms with van der Waals surface area (Å²) in [5.74, 6) is 0.400. The Balaban J connectivity index is 2.32. The first kappa shape index (κ1) is 16.8. The lowest BCUT2D eigenvalue weighted by molar-refractivity contribution is -0.137. The fourth-order valence-corrected chi connectivity index (χ4v) is 3.74. The second-order valence-corrected chi connectivity index (χ2v) is 6.61. The summed E-state index contributed by atoms with van der Waals surface area (Å²) in [6.07, 6.45) is 2.66. The Morgan fingerprint density at radius 2 is 1.76 bits per heavy atom. The molecule has 1 aromatic carbocycles. The van der Waals surface area contributed by atoms with E-state index in [1.807, 2.05) is 7.05 Å². The maximum absolute atomic E-state index is 12.9. The molecule has 0 saturated heterocycles. The number of nitrogens with one attached hydrogen (secondary N) is 1. The number of hydrogen-bond acceptors (Lipinski definition) is 1. The first-order chi connectivity index (χ1) is 9.93. The lowest BCUT2D eigenvalue weighted by atomic mass is 9.86. The number of hydrogen-bond donors (Lipinski definition) is 1. The third-order valence-electron chi connectivity index (χ3n) is 4.34. The molecule has 118 valence electrons. The van der Waals surface area contributed by atoms with Crippen LogP contribution in [-0.2, 0) is 6.18 Å². The molecule has 0 heterocycles. The molecule has 21 heavy (non-hydrogen) atoms. The third-order valence-corrected chi connectivity index (χ3v) is 5.06. The van der Waals surface area contributed by atoms with Crippen LogP contribution in [-0.4, -0.2) is 7.05 Å². The molecule has 0 aliphatic heterocycles. The Hall–Kier alpha value is -0.550. The molecule has 1 saturated carbocycles. The van der Waals surface area contributed by atoms with Crippen molar-refractivity contribution in [3.05, 3.63) is 33.8 Å². The highest BCUT2D eigenvalue weighted by Gasteiger charge is 2.32. The largest absolute Gasteiger partial charge is 0.416 e.